The molecule has 19 heavy (non-hydrogen) atoms. The molecule has 0 radical (unpaired) electrons. The Labute approximate surface area is 114 Å². The van der Waals surface area contributed by atoms with Crippen molar-refractivity contribution in [3.63, 3.8) is 0 Å². The van der Waals surface area contributed by atoms with E-state index in [0.717, 1.165) is 19.3 Å². The molecule has 0 spiro atoms. The maximum Gasteiger partial charge on any atom is 0.246 e. The monoisotopic (exact) mass is 284 g/mol. The quantitative estimate of drug-likeness (QED) is 0.795. The van der Waals surface area contributed by atoms with Crippen LogP contribution in [0, 0.1) is 0 Å². The van der Waals surface area contributed by atoms with Gasteiger partial charge in [0.15, 0.2) is 0 Å². The Morgan fingerprint density at radius 1 is 1.32 bits per heavy atom. The summed E-state index contributed by atoms with van der Waals surface area (Å²) in [4.78, 5) is 4.18. The highest BCUT2D eigenvalue weighted by atomic mass is 32.2. The van der Waals surface area contributed by atoms with Gasteiger partial charge in [-0.15, -0.1) is 0 Å². The first-order valence-corrected chi connectivity index (χ1v) is 8.03. The molecule has 7 heteroatoms. The summed E-state index contributed by atoms with van der Waals surface area (Å²) in [5.74, 6) is 0. The highest BCUT2D eigenvalue weighted by Gasteiger charge is 2.28. The highest BCUT2D eigenvalue weighted by molar-refractivity contribution is 7.89. The standard InChI is InChI=1S/C12H20N4O2S/c1-2-14-15-11-6-7-13-10-12(11)19(17,18)16-8-4-3-5-9-16/h6-7,10,14H,2-5,8-9H2,1H3,(H,13,15). The number of sulfonamides is 1. The Balaban J connectivity index is 2.28. The lowest BCUT2D eigenvalue weighted by Crippen LogP contribution is -2.36. The van der Waals surface area contributed by atoms with Gasteiger partial charge in [-0.25, -0.2) is 13.8 Å². The molecule has 2 N–H and O–H groups in total. The lowest BCUT2D eigenvalue weighted by molar-refractivity contribution is 0.346. The van der Waals surface area contributed by atoms with Crippen LogP contribution in [0.25, 0.3) is 0 Å². The van der Waals surface area contributed by atoms with Crippen molar-refractivity contribution in [2.75, 3.05) is 25.1 Å². The fraction of sp³-hybridized carbons (Fsp3) is 0.583. The smallest absolute Gasteiger partial charge is 0.246 e. The van der Waals surface area contributed by atoms with E-state index in [-0.39, 0.29) is 4.90 Å². The summed E-state index contributed by atoms with van der Waals surface area (Å²) in [6.45, 7) is 3.83. The first-order chi connectivity index (χ1) is 9.16. The minimum atomic E-state index is -3.45. The predicted octanol–water partition coefficient (Wildman–Crippen LogP) is 1.19. The molecule has 0 aromatic carbocycles. The van der Waals surface area contributed by atoms with E-state index in [9.17, 15) is 8.42 Å². The summed E-state index contributed by atoms with van der Waals surface area (Å²) in [5, 5.41) is 0. The normalized spacial score (nSPS) is 17.3. The number of pyridine rings is 1. The summed E-state index contributed by atoms with van der Waals surface area (Å²) in [5.41, 5.74) is 6.38. The third kappa shape index (κ3) is 3.23. The van der Waals surface area contributed by atoms with Crippen molar-refractivity contribution in [2.45, 2.75) is 31.1 Å². The van der Waals surface area contributed by atoms with Crippen LogP contribution in [0.1, 0.15) is 26.2 Å². The van der Waals surface area contributed by atoms with Crippen molar-refractivity contribution >= 4 is 15.7 Å². The van der Waals surface area contributed by atoms with Gasteiger partial charge in [0.1, 0.15) is 4.90 Å². The molecular formula is C12H20N4O2S. The Hall–Kier alpha value is -1.18. The van der Waals surface area contributed by atoms with Crippen molar-refractivity contribution in [1.29, 1.82) is 0 Å². The van der Waals surface area contributed by atoms with Gasteiger partial charge in [-0.05, 0) is 18.9 Å². The lowest BCUT2D eigenvalue weighted by atomic mass is 10.2. The van der Waals surface area contributed by atoms with Gasteiger partial charge in [-0.1, -0.05) is 13.3 Å². The topological polar surface area (TPSA) is 74.3 Å². The number of aromatic nitrogens is 1. The van der Waals surface area contributed by atoms with Crippen molar-refractivity contribution in [3.05, 3.63) is 18.5 Å². The second-order valence-electron chi connectivity index (χ2n) is 4.49. The Morgan fingerprint density at radius 3 is 2.74 bits per heavy atom. The molecule has 106 valence electrons. The fourth-order valence-corrected chi connectivity index (χ4v) is 3.72. The molecule has 2 rings (SSSR count). The van der Waals surface area contributed by atoms with Crippen LogP contribution in [0.15, 0.2) is 23.4 Å². The maximum absolute atomic E-state index is 12.6. The lowest BCUT2D eigenvalue weighted by Gasteiger charge is -2.26. The van der Waals surface area contributed by atoms with E-state index in [1.54, 1.807) is 16.6 Å². The summed E-state index contributed by atoms with van der Waals surface area (Å²) in [7, 11) is -3.45. The SMILES string of the molecule is CCNNc1ccncc1S(=O)(=O)N1CCCCC1. The molecule has 1 aromatic heterocycles. The Bertz CT molecular complexity index is 512. The van der Waals surface area contributed by atoms with E-state index < -0.39 is 10.0 Å². The van der Waals surface area contributed by atoms with Gasteiger partial charge >= 0.3 is 0 Å². The number of hydrogen-bond donors (Lipinski definition) is 2. The van der Waals surface area contributed by atoms with Gasteiger partial charge in [0.25, 0.3) is 0 Å². The van der Waals surface area contributed by atoms with Gasteiger partial charge in [0, 0.05) is 32.0 Å². The maximum atomic E-state index is 12.6. The van der Waals surface area contributed by atoms with E-state index in [4.69, 9.17) is 0 Å². The van der Waals surface area contributed by atoms with E-state index in [0.29, 0.717) is 25.3 Å². The average molecular weight is 284 g/mol. The number of hydrogen-bond acceptors (Lipinski definition) is 5. The number of piperidine rings is 1. The first kappa shape index (κ1) is 14.2. The van der Waals surface area contributed by atoms with Crippen LogP contribution in [0.3, 0.4) is 0 Å². The number of nitrogens with one attached hydrogen (secondary N) is 2. The molecule has 0 aliphatic carbocycles. The Kier molecular flexibility index (Phi) is 4.73. The van der Waals surface area contributed by atoms with E-state index >= 15 is 0 Å². The second-order valence-corrected chi connectivity index (χ2v) is 6.40. The number of rotatable bonds is 5. The van der Waals surface area contributed by atoms with Gasteiger partial charge in [0.05, 0.1) is 5.69 Å². The third-order valence-corrected chi connectivity index (χ3v) is 5.04. The van der Waals surface area contributed by atoms with E-state index in [1.807, 2.05) is 6.92 Å². The fourth-order valence-electron chi connectivity index (χ4n) is 2.12. The molecule has 1 aliphatic heterocycles. The zero-order valence-corrected chi connectivity index (χ0v) is 11.9. The third-order valence-electron chi connectivity index (χ3n) is 3.12. The molecule has 1 aliphatic rings. The minimum absolute atomic E-state index is 0.234. The Morgan fingerprint density at radius 2 is 2.05 bits per heavy atom. The van der Waals surface area contributed by atoms with E-state index in [1.165, 1.54) is 6.20 Å². The molecule has 2 heterocycles. The molecule has 0 bridgehead atoms. The molecule has 0 atom stereocenters. The molecule has 1 aromatic rings. The average Bonchev–Trinajstić information content (AvgIpc) is 2.46. The summed E-state index contributed by atoms with van der Waals surface area (Å²) >= 11 is 0. The van der Waals surface area contributed by atoms with Crippen molar-refractivity contribution in [1.82, 2.24) is 14.7 Å². The largest absolute Gasteiger partial charge is 0.320 e. The highest BCUT2D eigenvalue weighted by Crippen LogP contribution is 2.25. The van der Waals surface area contributed by atoms with Crippen LogP contribution in [0.2, 0.25) is 0 Å². The molecule has 1 fully saturated rings. The van der Waals surface area contributed by atoms with Crippen LogP contribution < -0.4 is 10.9 Å². The molecule has 0 amide bonds. The summed E-state index contributed by atoms with van der Waals surface area (Å²) in [6, 6.07) is 1.67. The van der Waals surface area contributed by atoms with E-state index in [2.05, 4.69) is 15.8 Å². The number of anilines is 1. The summed E-state index contributed by atoms with van der Waals surface area (Å²) in [6.07, 6.45) is 5.94. The molecule has 0 unspecified atom stereocenters. The van der Waals surface area contributed by atoms with Crippen molar-refractivity contribution in [3.8, 4) is 0 Å². The van der Waals surface area contributed by atoms with Crippen molar-refractivity contribution < 1.29 is 8.42 Å². The molecule has 6 nitrogen and oxygen atoms in total. The van der Waals surface area contributed by atoms with Gasteiger partial charge in [0.2, 0.25) is 10.0 Å². The molecule has 1 saturated heterocycles. The zero-order chi connectivity index (χ0) is 13.7. The van der Waals surface area contributed by atoms with Crippen LogP contribution >= 0.6 is 0 Å². The van der Waals surface area contributed by atoms with Gasteiger partial charge in [-0.3, -0.25) is 4.98 Å². The summed E-state index contributed by atoms with van der Waals surface area (Å²) < 4.78 is 26.7. The van der Waals surface area contributed by atoms with Crippen LogP contribution in [0.5, 0.6) is 0 Å². The first-order valence-electron chi connectivity index (χ1n) is 6.59. The predicted molar refractivity (Wildman–Crippen MR) is 74.1 cm³/mol. The zero-order valence-electron chi connectivity index (χ0n) is 11.1. The van der Waals surface area contributed by atoms with Crippen LogP contribution in [0.4, 0.5) is 5.69 Å². The number of nitrogens with zero attached hydrogens (tertiary/aromatic N) is 2. The second kappa shape index (κ2) is 6.31. The minimum Gasteiger partial charge on any atom is -0.320 e. The number of hydrazine groups is 1. The van der Waals surface area contributed by atoms with Gasteiger partial charge < -0.3 is 5.43 Å². The molecule has 0 saturated carbocycles. The van der Waals surface area contributed by atoms with Crippen LogP contribution in [-0.4, -0.2) is 37.3 Å². The van der Waals surface area contributed by atoms with Gasteiger partial charge in [-0.2, -0.15) is 4.31 Å². The molecular weight excluding hydrogens is 264 g/mol. The van der Waals surface area contributed by atoms with Crippen molar-refractivity contribution in [2.24, 2.45) is 0 Å². The van der Waals surface area contributed by atoms with Crippen LogP contribution in [-0.2, 0) is 10.0 Å².